The normalized spacial score (nSPS) is 20.6. The zero-order valence-corrected chi connectivity index (χ0v) is 17.0. The molecule has 1 spiro atoms. The number of amides is 2. The van der Waals surface area contributed by atoms with Gasteiger partial charge in [-0.05, 0) is 30.0 Å². The average Bonchev–Trinajstić information content (AvgIpc) is 3.19. The standard InChI is InChI=1S/C24H25N3O2/c1-15(2)14-26-21-11-7-5-9-19(21)24(23(26)29)22-18(12-13-27(24)16(3)28)17-8-4-6-10-20(17)25-22/h4-11,15,25H,12-14H2,1-3H3/t24-/m0/s1. The zero-order chi connectivity index (χ0) is 20.3. The van der Waals surface area contributed by atoms with Gasteiger partial charge in [0.25, 0.3) is 5.91 Å². The lowest BCUT2D eigenvalue weighted by Gasteiger charge is -2.43. The molecule has 0 unspecified atom stereocenters. The van der Waals surface area contributed by atoms with E-state index in [1.807, 2.05) is 47.4 Å². The van der Waals surface area contributed by atoms with Crippen molar-refractivity contribution in [2.75, 3.05) is 18.0 Å². The number of hydrogen-bond donors (Lipinski definition) is 1. The number of aromatic amines is 1. The molecule has 0 saturated carbocycles. The van der Waals surface area contributed by atoms with Gasteiger partial charge in [-0.1, -0.05) is 50.2 Å². The van der Waals surface area contributed by atoms with Crippen LogP contribution < -0.4 is 4.90 Å². The van der Waals surface area contributed by atoms with E-state index >= 15 is 0 Å². The SMILES string of the molecule is CC(=O)N1CCc2c([nH]c3ccccc23)[C@@]12C(=O)N(CC(C)C)c1ccccc12. The minimum Gasteiger partial charge on any atom is -0.355 e. The van der Waals surface area contributed by atoms with Crippen LogP contribution in [-0.2, 0) is 21.5 Å². The summed E-state index contributed by atoms with van der Waals surface area (Å²) in [6.07, 6.45) is 0.736. The van der Waals surface area contributed by atoms with Gasteiger partial charge in [-0.15, -0.1) is 0 Å². The van der Waals surface area contributed by atoms with Crippen molar-refractivity contribution in [3.8, 4) is 0 Å². The first kappa shape index (κ1) is 18.0. The van der Waals surface area contributed by atoms with Crippen molar-refractivity contribution >= 4 is 28.4 Å². The van der Waals surface area contributed by atoms with Crippen LogP contribution in [0.15, 0.2) is 48.5 Å². The second kappa shape index (κ2) is 6.21. The number of nitrogens with one attached hydrogen (secondary N) is 1. The Labute approximate surface area is 170 Å². The van der Waals surface area contributed by atoms with E-state index in [9.17, 15) is 9.59 Å². The number of para-hydroxylation sites is 2. The molecule has 0 aliphatic carbocycles. The second-order valence-corrected chi connectivity index (χ2v) is 8.48. The summed E-state index contributed by atoms with van der Waals surface area (Å²) in [5.74, 6) is 0.206. The van der Waals surface area contributed by atoms with Crippen LogP contribution in [0.3, 0.4) is 0 Å². The van der Waals surface area contributed by atoms with Crippen molar-refractivity contribution in [2.24, 2.45) is 5.92 Å². The third kappa shape index (κ3) is 2.27. The molecule has 0 bridgehead atoms. The molecule has 0 saturated heterocycles. The molecule has 29 heavy (non-hydrogen) atoms. The molecule has 3 aromatic rings. The maximum atomic E-state index is 14.1. The van der Waals surface area contributed by atoms with Gasteiger partial charge in [0.2, 0.25) is 5.91 Å². The highest BCUT2D eigenvalue weighted by Crippen LogP contribution is 2.52. The Morgan fingerprint density at radius 3 is 2.62 bits per heavy atom. The first-order valence-electron chi connectivity index (χ1n) is 10.3. The first-order valence-corrected chi connectivity index (χ1v) is 10.3. The molecule has 3 heterocycles. The Balaban J connectivity index is 1.86. The fourth-order valence-electron chi connectivity index (χ4n) is 5.17. The number of fused-ring (bicyclic) bond motifs is 6. The van der Waals surface area contributed by atoms with Crippen molar-refractivity contribution < 1.29 is 9.59 Å². The molecule has 5 nitrogen and oxygen atoms in total. The van der Waals surface area contributed by atoms with Crippen molar-refractivity contribution in [1.29, 1.82) is 0 Å². The molecular weight excluding hydrogens is 362 g/mol. The lowest BCUT2D eigenvalue weighted by atomic mass is 9.80. The van der Waals surface area contributed by atoms with E-state index < -0.39 is 5.54 Å². The summed E-state index contributed by atoms with van der Waals surface area (Å²) >= 11 is 0. The van der Waals surface area contributed by atoms with Gasteiger partial charge in [-0.3, -0.25) is 9.59 Å². The van der Waals surface area contributed by atoms with Gasteiger partial charge < -0.3 is 14.8 Å². The van der Waals surface area contributed by atoms with Crippen LogP contribution in [-0.4, -0.2) is 34.8 Å². The van der Waals surface area contributed by atoms with Gasteiger partial charge in [0.05, 0.1) is 11.4 Å². The topological polar surface area (TPSA) is 56.4 Å². The number of aromatic nitrogens is 1. The van der Waals surface area contributed by atoms with Crippen LogP contribution in [0.2, 0.25) is 0 Å². The van der Waals surface area contributed by atoms with Crippen LogP contribution in [0.25, 0.3) is 10.9 Å². The van der Waals surface area contributed by atoms with Crippen LogP contribution in [0.4, 0.5) is 5.69 Å². The van der Waals surface area contributed by atoms with Crippen LogP contribution in [0, 0.1) is 5.92 Å². The molecule has 0 fully saturated rings. The maximum Gasteiger partial charge on any atom is 0.264 e. The number of rotatable bonds is 2. The Bertz CT molecular complexity index is 1150. The van der Waals surface area contributed by atoms with E-state index in [-0.39, 0.29) is 11.8 Å². The number of H-pyrrole nitrogens is 1. The highest BCUT2D eigenvalue weighted by molar-refractivity contribution is 6.12. The molecule has 148 valence electrons. The van der Waals surface area contributed by atoms with E-state index in [2.05, 4.69) is 24.9 Å². The molecule has 2 amide bonds. The highest BCUT2D eigenvalue weighted by Gasteiger charge is 2.60. The molecule has 0 radical (unpaired) electrons. The Hall–Kier alpha value is -3.08. The van der Waals surface area contributed by atoms with Crippen molar-refractivity contribution in [3.05, 3.63) is 65.4 Å². The number of carbonyl (C=O) groups is 2. The molecule has 2 aliphatic heterocycles. The summed E-state index contributed by atoms with van der Waals surface area (Å²) in [5, 5.41) is 1.14. The molecule has 2 aromatic carbocycles. The summed E-state index contributed by atoms with van der Waals surface area (Å²) in [7, 11) is 0. The predicted octanol–water partition coefficient (Wildman–Crippen LogP) is 3.82. The van der Waals surface area contributed by atoms with E-state index in [0.29, 0.717) is 19.0 Å². The lowest BCUT2D eigenvalue weighted by molar-refractivity contribution is -0.143. The Morgan fingerprint density at radius 1 is 1.14 bits per heavy atom. The number of hydrogen-bond acceptors (Lipinski definition) is 2. The Kier molecular flexibility index (Phi) is 3.85. The van der Waals surface area contributed by atoms with Crippen LogP contribution in [0.5, 0.6) is 0 Å². The van der Waals surface area contributed by atoms with Crippen molar-refractivity contribution in [3.63, 3.8) is 0 Å². The largest absolute Gasteiger partial charge is 0.355 e. The number of anilines is 1. The van der Waals surface area contributed by atoms with Gasteiger partial charge in [-0.25, -0.2) is 0 Å². The molecule has 1 N–H and O–H groups in total. The van der Waals surface area contributed by atoms with Crippen molar-refractivity contribution in [1.82, 2.24) is 9.88 Å². The van der Waals surface area contributed by atoms with Crippen molar-refractivity contribution in [2.45, 2.75) is 32.7 Å². The minimum absolute atomic E-state index is 0.0323. The average molecular weight is 387 g/mol. The third-order valence-corrected chi connectivity index (χ3v) is 6.23. The van der Waals surface area contributed by atoms with Gasteiger partial charge >= 0.3 is 0 Å². The Morgan fingerprint density at radius 2 is 1.86 bits per heavy atom. The maximum absolute atomic E-state index is 14.1. The summed E-state index contributed by atoms with van der Waals surface area (Å²) in [5.41, 5.74) is 3.69. The van der Waals surface area contributed by atoms with Crippen LogP contribution in [0.1, 0.15) is 37.6 Å². The highest BCUT2D eigenvalue weighted by atomic mass is 16.2. The summed E-state index contributed by atoms with van der Waals surface area (Å²) < 4.78 is 0. The lowest BCUT2D eigenvalue weighted by Crippen LogP contribution is -2.59. The molecule has 5 rings (SSSR count). The first-order chi connectivity index (χ1) is 14.0. The van der Waals surface area contributed by atoms with E-state index in [1.165, 1.54) is 0 Å². The van der Waals surface area contributed by atoms with Gasteiger partial charge in [0.15, 0.2) is 5.54 Å². The smallest absolute Gasteiger partial charge is 0.264 e. The summed E-state index contributed by atoms with van der Waals surface area (Å²) in [6.45, 7) is 6.94. The third-order valence-electron chi connectivity index (χ3n) is 6.23. The fraction of sp³-hybridized carbons (Fsp3) is 0.333. The molecule has 1 aromatic heterocycles. The zero-order valence-electron chi connectivity index (χ0n) is 17.0. The molecular formula is C24H25N3O2. The number of nitrogens with zero attached hydrogens (tertiary/aromatic N) is 2. The van der Waals surface area contributed by atoms with Gasteiger partial charge in [-0.2, -0.15) is 0 Å². The predicted molar refractivity (Wildman–Crippen MR) is 114 cm³/mol. The molecule has 5 heteroatoms. The van der Waals surface area contributed by atoms with E-state index in [4.69, 9.17) is 0 Å². The van der Waals surface area contributed by atoms with Gasteiger partial charge in [0, 0.05) is 36.5 Å². The minimum atomic E-state index is -1.12. The fourth-order valence-corrected chi connectivity index (χ4v) is 5.17. The second-order valence-electron chi connectivity index (χ2n) is 8.48. The van der Waals surface area contributed by atoms with E-state index in [1.54, 1.807) is 11.8 Å². The quantitative estimate of drug-likeness (QED) is 0.727. The summed E-state index contributed by atoms with van der Waals surface area (Å²) in [4.78, 5) is 34.1. The van der Waals surface area contributed by atoms with Gasteiger partial charge in [0.1, 0.15) is 0 Å². The monoisotopic (exact) mass is 387 g/mol. The number of benzene rings is 2. The number of carbonyl (C=O) groups excluding carboxylic acids is 2. The van der Waals surface area contributed by atoms with Crippen LogP contribution >= 0.6 is 0 Å². The summed E-state index contributed by atoms with van der Waals surface area (Å²) in [6, 6.07) is 16.1. The molecule has 2 aliphatic rings. The molecule has 1 atom stereocenters. The van der Waals surface area contributed by atoms with E-state index in [0.717, 1.165) is 39.8 Å².